The summed E-state index contributed by atoms with van der Waals surface area (Å²) in [6.45, 7) is 1.79. The molecule has 1 atom stereocenters. The van der Waals surface area contributed by atoms with E-state index in [9.17, 15) is 9.59 Å². The number of rotatable bonds is 5. The highest BCUT2D eigenvalue weighted by atomic mass is 32.2. The first-order chi connectivity index (χ1) is 11.5. The average Bonchev–Trinajstić information content (AvgIpc) is 2.98. The largest absolute Gasteiger partial charge is 0.366 e. The lowest BCUT2D eigenvalue weighted by molar-refractivity contribution is -0.115. The lowest BCUT2D eigenvalue weighted by Crippen LogP contribution is -2.22. The first-order valence-corrected chi connectivity index (χ1v) is 8.10. The molecule has 8 heteroatoms. The maximum absolute atomic E-state index is 12.3. The third kappa shape index (κ3) is 3.38. The standard InChI is InChI=1S/C16H15N5O2S/c1-10(24-16-20-19-13-4-2-3-9-21(13)16)15(23)18-12-7-5-11(6-8-12)14(17)22/h2-10H,1H3,(H2,17,22)(H,18,23)/t10-/m0/s1. The van der Waals surface area contributed by atoms with Gasteiger partial charge in [-0.25, -0.2) is 0 Å². The van der Waals surface area contributed by atoms with Crippen LogP contribution in [0.5, 0.6) is 0 Å². The molecular weight excluding hydrogens is 326 g/mol. The molecule has 0 saturated heterocycles. The Kier molecular flexibility index (Phi) is 4.48. The Bertz CT molecular complexity index is 891. The molecule has 0 aliphatic rings. The number of benzene rings is 1. The predicted octanol–water partition coefficient (Wildman–Crippen LogP) is 1.95. The molecule has 2 heterocycles. The van der Waals surface area contributed by atoms with Gasteiger partial charge in [0.05, 0.1) is 5.25 Å². The van der Waals surface area contributed by atoms with E-state index in [1.54, 1.807) is 31.2 Å². The Morgan fingerprint density at radius 3 is 2.62 bits per heavy atom. The van der Waals surface area contributed by atoms with Crippen molar-refractivity contribution in [2.45, 2.75) is 17.3 Å². The zero-order valence-corrected chi connectivity index (χ0v) is 13.7. The Labute approximate surface area is 142 Å². The predicted molar refractivity (Wildman–Crippen MR) is 91.9 cm³/mol. The second kappa shape index (κ2) is 6.71. The van der Waals surface area contributed by atoms with E-state index in [1.807, 2.05) is 28.8 Å². The third-order valence-electron chi connectivity index (χ3n) is 3.37. The summed E-state index contributed by atoms with van der Waals surface area (Å²) in [5.41, 5.74) is 6.92. The van der Waals surface area contributed by atoms with Crippen LogP contribution in [0.4, 0.5) is 5.69 Å². The number of nitrogens with zero attached hydrogens (tertiary/aromatic N) is 3. The molecule has 0 fully saturated rings. The van der Waals surface area contributed by atoms with Crippen molar-refractivity contribution >= 4 is 34.9 Å². The van der Waals surface area contributed by atoms with E-state index in [4.69, 9.17) is 5.73 Å². The van der Waals surface area contributed by atoms with Gasteiger partial charge in [-0.1, -0.05) is 17.8 Å². The summed E-state index contributed by atoms with van der Waals surface area (Å²) in [6, 6.07) is 12.0. The van der Waals surface area contributed by atoms with E-state index < -0.39 is 5.91 Å². The van der Waals surface area contributed by atoms with Gasteiger partial charge < -0.3 is 11.1 Å². The molecule has 0 radical (unpaired) electrons. The van der Waals surface area contributed by atoms with Gasteiger partial charge in [-0.3, -0.25) is 14.0 Å². The van der Waals surface area contributed by atoms with Gasteiger partial charge in [0.15, 0.2) is 10.8 Å². The minimum Gasteiger partial charge on any atom is -0.366 e. The van der Waals surface area contributed by atoms with Crippen molar-refractivity contribution in [2.75, 3.05) is 5.32 Å². The summed E-state index contributed by atoms with van der Waals surface area (Å²) in [5, 5.41) is 11.2. The van der Waals surface area contributed by atoms with E-state index in [0.29, 0.717) is 16.4 Å². The van der Waals surface area contributed by atoms with Crippen LogP contribution in [0.3, 0.4) is 0 Å². The van der Waals surface area contributed by atoms with E-state index >= 15 is 0 Å². The van der Waals surface area contributed by atoms with Crippen LogP contribution in [0.15, 0.2) is 53.8 Å². The SMILES string of the molecule is C[C@H](Sc1nnc2ccccn12)C(=O)Nc1ccc(C(N)=O)cc1. The minimum absolute atomic E-state index is 0.167. The lowest BCUT2D eigenvalue weighted by Gasteiger charge is -2.11. The minimum atomic E-state index is -0.504. The number of carbonyl (C=O) groups excluding carboxylic acids is 2. The summed E-state index contributed by atoms with van der Waals surface area (Å²) in [4.78, 5) is 23.4. The Hall–Kier alpha value is -2.87. The summed E-state index contributed by atoms with van der Waals surface area (Å²) in [5.74, 6) is -0.671. The molecule has 7 nitrogen and oxygen atoms in total. The topological polar surface area (TPSA) is 102 Å². The highest BCUT2D eigenvalue weighted by molar-refractivity contribution is 8.00. The first-order valence-electron chi connectivity index (χ1n) is 7.22. The molecule has 24 heavy (non-hydrogen) atoms. The maximum Gasteiger partial charge on any atom is 0.248 e. The van der Waals surface area contributed by atoms with E-state index in [2.05, 4.69) is 15.5 Å². The van der Waals surface area contributed by atoms with E-state index in [0.717, 1.165) is 5.65 Å². The zero-order chi connectivity index (χ0) is 17.1. The Morgan fingerprint density at radius 2 is 1.92 bits per heavy atom. The van der Waals surface area contributed by atoms with Crippen molar-refractivity contribution in [1.82, 2.24) is 14.6 Å². The molecule has 3 N–H and O–H groups in total. The van der Waals surface area contributed by atoms with Gasteiger partial charge >= 0.3 is 0 Å². The molecule has 0 saturated carbocycles. The number of thioether (sulfide) groups is 1. The van der Waals surface area contributed by atoms with Crippen molar-refractivity contribution in [3.63, 3.8) is 0 Å². The van der Waals surface area contributed by atoms with Crippen LogP contribution in [-0.2, 0) is 4.79 Å². The van der Waals surface area contributed by atoms with Crippen molar-refractivity contribution in [2.24, 2.45) is 5.73 Å². The number of hydrogen-bond donors (Lipinski definition) is 2. The summed E-state index contributed by atoms with van der Waals surface area (Å²) >= 11 is 1.32. The van der Waals surface area contributed by atoms with Crippen LogP contribution in [0.25, 0.3) is 5.65 Å². The zero-order valence-electron chi connectivity index (χ0n) is 12.8. The maximum atomic E-state index is 12.3. The molecule has 2 amide bonds. The van der Waals surface area contributed by atoms with E-state index in [-0.39, 0.29) is 11.2 Å². The molecule has 122 valence electrons. The van der Waals surface area contributed by atoms with Gasteiger partial charge in [-0.2, -0.15) is 0 Å². The third-order valence-corrected chi connectivity index (χ3v) is 4.43. The number of pyridine rings is 1. The molecule has 1 aromatic carbocycles. The molecule has 3 aromatic rings. The van der Waals surface area contributed by atoms with Gasteiger partial charge in [-0.15, -0.1) is 10.2 Å². The number of nitrogens with one attached hydrogen (secondary N) is 1. The summed E-state index contributed by atoms with van der Waals surface area (Å²) in [7, 11) is 0. The van der Waals surface area contributed by atoms with Crippen LogP contribution < -0.4 is 11.1 Å². The summed E-state index contributed by atoms with van der Waals surface area (Å²) in [6.07, 6.45) is 1.85. The fourth-order valence-corrected chi connectivity index (χ4v) is 2.91. The average molecular weight is 341 g/mol. The molecule has 0 unspecified atom stereocenters. The molecular formula is C16H15N5O2S. The van der Waals surface area contributed by atoms with Crippen LogP contribution >= 0.6 is 11.8 Å². The highest BCUT2D eigenvalue weighted by Crippen LogP contribution is 2.23. The molecule has 0 aliphatic carbocycles. The normalized spacial score (nSPS) is 12.0. The lowest BCUT2D eigenvalue weighted by atomic mass is 10.2. The monoisotopic (exact) mass is 341 g/mol. The molecule has 2 aromatic heterocycles. The van der Waals surface area contributed by atoms with Crippen LogP contribution in [0, 0.1) is 0 Å². The number of primary amides is 1. The van der Waals surface area contributed by atoms with Crippen molar-refractivity contribution in [1.29, 1.82) is 0 Å². The number of nitrogens with two attached hydrogens (primary N) is 1. The Balaban J connectivity index is 1.67. The number of aromatic nitrogens is 3. The van der Waals surface area contributed by atoms with Crippen molar-refractivity contribution in [3.05, 3.63) is 54.2 Å². The fourth-order valence-electron chi connectivity index (χ4n) is 2.07. The number of anilines is 1. The molecule has 0 aliphatic heterocycles. The number of amides is 2. The number of carbonyl (C=O) groups is 2. The van der Waals surface area contributed by atoms with Gasteiger partial charge in [0.25, 0.3) is 0 Å². The van der Waals surface area contributed by atoms with Crippen LogP contribution in [-0.4, -0.2) is 31.7 Å². The molecule has 0 bridgehead atoms. The van der Waals surface area contributed by atoms with Gasteiger partial charge in [0.1, 0.15) is 0 Å². The quantitative estimate of drug-likeness (QED) is 0.691. The van der Waals surface area contributed by atoms with E-state index in [1.165, 1.54) is 11.8 Å². The second-order valence-electron chi connectivity index (χ2n) is 5.10. The molecule has 3 rings (SSSR count). The first kappa shape index (κ1) is 16.0. The number of hydrogen-bond acceptors (Lipinski definition) is 5. The van der Waals surface area contributed by atoms with Gasteiger partial charge in [-0.05, 0) is 43.3 Å². The van der Waals surface area contributed by atoms with Crippen molar-refractivity contribution < 1.29 is 9.59 Å². The van der Waals surface area contributed by atoms with Gasteiger partial charge in [0.2, 0.25) is 11.8 Å². The van der Waals surface area contributed by atoms with Crippen LogP contribution in [0.2, 0.25) is 0 Å². The fraction of sp³-hybridized carbons (Fsp3) is 0.125. The smallest absolute Gasteiger partial charge is 0.248 e. The number of fused-ring (bicyclic) bond motifs is 1. The molecule has 0 spiro atoms. The van der Waals surface area contributed by atoms with Crippen LogP contribution in [0.1, 0.15) is 17.3 Å². The van der Waals surface area contributed by atoms with Crippen molar-refractivity contribution in [3.8, 4) is 0 Å². The van der Waals surface area contributed by atoms with Gasteiger partial charge in [0, 0.05) is 17.4 Å². The highest BCUT2D eigenvalue weighted by Gasteiger charge is 2.18. The second-order valence-corrected chi connectivity index (χ2v) is 6.41. The summed E-state index contributed by atoms with van der Waals surface area (Å²) < 4.78 is 1.83. The Morgan fingerprint density at radius 1 is 1.17 bits per heavy atom.